The van der Waals surface area contributed by atoms with E-state index in [4.69, 9.17) is 0 Å². The number of rotatable bonds is 8. The number of aromatic nitrogens is 2. The van der Waals surface area contributed by atoms with Crippen molar-refractivity contribution in [3.63, 3.8) is 0 Å². The number of nitrogens with one attached hydrogen (secondary N) is 1. The van der Waals surface area contributed by atoms with Gasteiger partial charge in [-0.05, 0) is 12.8 Å². The van der Waals surface area contributed by atoms with Gasteiger partial charge in [0.05, 0.1) is 6.33 Å². The summed E-state index contributed by atoms with van der Waals surface area (Å²) in [5.41, 5.74) is 0. The average molecular weight is 223 g/mol. The summed E-state index contributed by atoms with van der Waals surface area (Å²) in [7, 11) is 0. The van der Waals surface area contributed by atoms with E-state index in [0.29, 0.717) is 6.42 Å². The molecule has 0 atom stereocenters. The highest BCUT2D eigenvalue weighted by molar-refractivity contribution is 5.75. The van der Waals surface area contributed by atoms with Gasteiger partial charge in [-0.15, -0.1) is 0 Å². The summed E-state index contributed by atoms with van der Waals surface area (Å²) in [4.78, 5) is 15.3. The first kappa shape index (κ1) is 12.7. The Labute approximate surface area is 97.1 Å². The van der Waals surface area contributed by atoms with Crippen molar-refractivity contribution in [2.24, 2.45) is 0 Å². The predicted octanol–water partition coefficient (Wildman–Crippen LogP) is 1.97. The van der Waals surface area contributed by atoms with E-state index in [0.717, 1.165) is 38.8 Å². The van der Waals surface area contributed by atoms with Crippen LogP contribution in [0.25, 0.3) is 0 Å². The van der Waals surface area contributed by atoms with E-state index < -0.39 is 0 Å². The molecule has 0 radical (unpaired) electrons. The monoisotopic (exact) mass is 223 g/mol. The highest BCUT2D eigenvalue weighted by atomic mass is 16.1. The topological polar surface area (TPSA) is 46.9 Å². The summed E-state index contributed by atoms with van der Waals surface area (Å²) in [6, 6.07) is 0. The van der Waals surface area contributed by atoms with Crippen LogP contribution in [0.5, 0.6) is 0 Å². The van der Waals surface area contributed by atoms with Crippen molar-refractivity contribution in [3.05, 3.63) is 18.7 Å². The Morgan fingerprint density at radius 2 is 2.25 bits per heavy atom. The molecule has 0 spiro atoms. The van der Waals surface area contributed by atoms with Crippen molar-refractivity contribution >= 4 is 5.91 Å². The van der Waals surface area contributed by atoms with Gasteiger partial charge in [0.1, 0.15) is 0 Å². The largest absolute Gasteiger partial charge is 0.356 e. The number of aryl methyl sites for hydroxylation is 1. The van der Waals surface area contributed by atoms with Crippen LogP contribution in [0.1, 0.15) is 39.0 Å². The Morgan fingerprint density at radius 1 is 1.38 bits per heavy atom. The van der Waals surface area contributed by atoms with Crippen LogP contribution >= 0.6 is 0 Å². The van der Waals surface area contributed by atoms with Crippen LogP contribution in [-0.2, 0) is 11.3 Å². The van der Waals surface area contributed by atoms with Gasteiger partial charge in [0.15, 0.2) is 0 Å². The molecular formula is C12H21N3O. The Hall–Kier alpha value is -1.32. The lowest BCUT2D eigenvalue weighted by Gasteiger charge is -2.05. The molecule has 1 rings (SSSR count). The van der Waals surface area contributed by atoms with E-state index in [1.165, 1.54) is 0 Å². The number of carbonyl (C=O) groups is 1. The second kappa shape index (κ2) is 7.91. The number of nitrogens with zero attached hydrogens (tertiary/aromatic N) is 2. The van der Waals surface area contributed by atoms with E-state index in [9.17, 15) is 4.79 Å². The minimum Gasteiger partial charge on any atom is -0.356 e. The number of imidazole rings is 1. The molecule has 1 N–H and O–H groups in total. The first-order valence-corrected chi connectivity index (χ1v) is 6.05. The standard InChI is InChI=1S/C12H21N3O/c1-2-3-4-6-12(16)14-7-5-9-15-10-8-13-11-15/h8,10-11H,2-7,9H2,1H3,(H,14,16). The fourth-order valence-electron chi connectivity index (χ4n) is 1.53. The number of amides is 1. The summed E-state index contributed by atoms with van der Waals surface area (Å²) in [6.45, 7) is 3.81. The molecule has 0 aliphatic rings. The van der Waals surface area contributed by atoms with Crippen LogP contribution in [0, 0.1) is 0 Å². The number of carbonyl (C=O) groups excluding carboxylic acids is 1. The normalized spacial score (nSPS) is 10.3. The van der Waals surface area contributed by atoms with E-state index in [1.807, 2.05) is 10.8 Å². The van der Waals surface area contributed by atoms with E-state index in [1.54, 1.807) is 12.5 Å². The summed E-state index contributed by atoms with van der Waals surface area (Å²) in [5.74, 6) is 0.180. The molecule has 90 valence electrons. The molecule has 0 fully saturated rings. The molecule has 0 aliphatic heterocycles. The Morgan fingerprint density at radius 3 is 2.94 bits per heavy atom. The summed E-state index contributed by atoms with van der Waals surface area (Å²) in [5, 5.41) is 2.93. The first-order valence-electron chi connectivity index (χ1n) is 6.05. The van der Waals surface area contributed by atoms with Crippen LogP contribution in [0.4, 0.5) is 0 Å². The van der Waals surface area contributed by atoms with E-state index >= 15 is 0 Å². The zero-order chi connectivity index (χ0) is 11.6. The Balaban J connectivity index is 1.96. The van der Waals surface area contributed by atoms with Crippen molar-refractivity contribution in [1.29, 1.82) is 0 Å². The van der Waals surface area contributed by atoms with Crippen LogP contribution in [0.3, 0.4) is 0 Å². The number of hydrogen-bond acceptors (Lipinski definition) is 2. The van der Waals surface area contributed by atoms with Gasteiger partial charge in [-0.25, -0.2) is 4.98 Å². The van der Waals surface area contributed by atoms with Crippen LogP contribution < -0.4 is 5.32 Å². The summed E-state index contributed by atoms with van der Waals surface area (Å²) in [6.07, 6.45) is 10.4. The molecule has 0 saturated carbocycles. The number of hydrogen-bond donors (Lipinski definition) is 1. The van der Waals surface area contributed by atoms with E-state index in [2.05, 4.69) is 17.2 Å². The fourth-order valence-corrected chi connectivity index (χ4v) is 1.53. The molecule has 1 amide bonds. The predicted molar refractivity (Wildman–Crippen MR) is 64.0 cm³/mol. The van der Waals surface area contributed by atoms with E-state index in [-0.39, 0.29) is 5.91 Å². The molecule has 4 nitrogen and oxygen atoms in total. The molecule has 1 aromatic rings. The molecular weight excluding hydrogens is 202 g/mol. The minimum absolute atomic E-state index is 0.180. The highest BCUT2D eigenvalue weighted by Gasteiger charge is 1.99. The van der Waals surface area contributed by atoms with Gasteiger partial charge in [-0.3, -0.25) is 4.79 Å². The summed E-state index contributed by atoms with van der Waals surface area (Å²) >= 11 is 0. The third kappa shape index (κ3) is 5.53. The average Bonchev–Trinajstić information content (AvgIpc) is 2.78. The maximum absolute atomic E-state index is 11.3. The van der Waals surface area contributed by atoms with Gasteiger partial charge >= 0.3 is 0 Å². The quantitative estimate of drug-likeness (QED) is 0.685. The maximum Gasteiger partial charge on any atom is 0.219 e. The van der Waals surface area contributed by atoms with Gasteiger partial charge in [-0.2, -0.15) is 0 Å². The molecule has 1 heterocycles. The maximum atomic E-state index is 11.3. The van der Waals surface area contributed by atoms with Gasteiger partial charge in [0.2, 0.25) is 5.91 Å². The lowest BCUT2D eigenvalue weighted by molar-refractivity contribution is -0.121. The molecule has 0 aliphatic carbocycles. The van der Waals surface area contributed by atoms with Crippen molar-refractivity contribution < 1.29 is 4.79 Å². The van der Waals surface area contributed by atoms with Crippen molar-refractivity contribution in [1.82, 2.24) is 14.9 Å². The molecule has 0 bridgehead atoms. The van der Waals surface area contributed by atoms with Crippen LogP contribution in [-0.4, -0.2) is 22.0 Å². The Bertz CT molecular complexity index is 282. The van der Waals surface area contributed by atoms with Gasteiger partial charge in [-0.1, -0.05) is 19.8 Å². The lowest BCUT2D eigenvalue weighted by Crippen LogP contribution is -2.24. The van der Waals surface area contributed by atoms with Crippen molar-refractivity contribution in [2.45, 2.75) is 45.6 Å². The SMILES string of the molecule is CCCCCC(=O)NCCCn1ccnc1. The fraction of sp³-hybridized carbons (Fsp3) is 0.667. The minimum atomic E-state index is 0.180. The number of unbranched alkanes of at least 4 members (excludes halogenated alkanes) is 2. The zero-order valence-corrected chi connectivity index (χ0v) is 9.98. The third-order valence-corrected chi connectivity index (χ3v) is 2.48. The Kier molecular flexibility index (Phi) is 6.30. The van der Waals surface area contributed by atoms with Crippen molar-refractivity contribution in [3.8, 4) is 0 Å². The molecule has 16 heavy (non-hydrogen) atoms. The first-order chi connectivity index (χ1) is 7.83. The highest BCUT2D eigenvalue weighted by Crippen LogP contribution is 1.98. The third-order valence-electron chi connectivity index (χ3n) is 2.48. The molecule has 4 heteroatoms. The lowest BCUT2D eigenvalue weighted by atomic mass is 10.2. The molecule has 1 aromatic heterocycles. The molecule has 0 aromatic carbocycles. The van der Waals surface area contributed by atoms with Gasteiger partial charge in [0.25, 0.3) is 0 Å². The van der Waals surface area contributed by atoms with Crippen LogP contribution in [0.15, 0.2) is 18.7 Å². The van der Waals surface area contributed by atoms with Crippen molar-refractivity contribution in [2.75, 3.05) is 6.54 Å². The summed E-state index contributed by atoms with van der Waals surface area (Å²) < 4.78 is 2.02. The zero-order valence-electron chi connectivity index (χ0n) is 9.98. The van der Waals surface area contributed by atoms with Crippen LogP contribution in [0.2, 0.25) is 0 Å². The molecule has 0 saturated heterocycles. The second-order valence-corrected chi connectivity index (χ2v) is 3.96. The molecule has 0 unspecified atom stereocenters. The van der Waals surface area contributed by atoms with Gasteiger partial charge in [0, 0.05) is 31.9 Å². The second-order valence-electron chi connectivity index (χ2n) is 3.96. The smallest absolute Gasteiger partial charge is 0.219 e. The van der Waals surface area contributed by atoms with Gasteiger partial charge < -0.3 is 9.88 Å².